The Labute approximate surface area is 144 Å². The molecule has 122 valence electrons. The quantitative estimate of drug-likeness (QED) is 0.912. The van der Waals surface area contributed by atoms with Crippen LogP contribution in [0.15, 0.2) is 24.3 Å². The zero-order valence-electron chi connectivity index (χ0n) is 13.0. The number of carbonyl (C=O) groups is 1. The Kier molecular flexibility index (Phi) is 5.30. The van der Waals surface area contributed by atoms with Gasteiger partial charge in [-0.25, -0.2) is 4.98 Å². The van der Waals surface area contributed by atoms with Crippen molar-refractivity contribution in [1.29, 1.82) is 0 Å². The minimum atomic E-state index is 0.0699. The van der Waals surface area contributed by atoms with Gasteiger partial charge in [-0.2, -0.15) is 0 Å². The van der Waals surface area contributed by atoms with Crippen molar-refractivity contribution in [3.8, 4) is 11.3 Å². The van der Waals surface area contributed by atoms with E-state index in [4.69, 9.17) is 16.3 Å². The van der Waals surface area contributed by atoms with Crippen LogP contribution in [0.2, 0.25) is 5.02 Å². The zero-order valence-corrected chi connectivity index (χ0v) is 14.5. The van der Waals surface area contributed by atoms with E-state index >= 15 is 0 Å². The second-order valence-electron chi connectivity index (χ2n) is 5.62. The Morgan fingerprint density at radius 2 is 2.04 bits per heavy atom. The number of nitrogens with one attached hydrogen (secondary N) is 1. The van der Waals surface area contributed by atoms with Crippen LogP contribution in [0.3, 0.4) is 0 Å². The van der Waals surface area contributed by atoms with Crippen molar-refractivity contribution >= 4 is 28.8 Å². The second kappa shape index (κ2) is 7.43. The number of carbonyl (C=O) groups excluding carboxylic acids is 1. The van der Waals surface area contributed by atoms with Crippen molar-refractivity contribution in [2.24, 2.45) is 5.92 Å². The molecule has 23 heavy (non-hydrogen) atoms. The smallest absolute Gasteiger partial charge is 0.223 e. The molecule has 1 N–H and O–H groups in total. The van der Waals surface area contributed by atoms with Gasteiger partial charge in [0.15, 0.2) is 0 Å². The Bertz CT molecular complexity index is 678. The number of hydrogen-bond donors (Lipinski definition) is 1. The molecule has 2 aromatic rings. The maximum atomic E-state index is 12.2. The van der Waals surface area contributed by atoms with E-state index in [-0.39, 0.29) is 11.8 Å². The highest BCUT2D eigenvalue weighted by molar-refractivity contribution is 7.12. The van der Waals surface area contributed by atoms with Gasteiger partial charge in [-0.15, -0.1) is 11.3 Å². The predicted octanol–water partition coefficient (Wildman–Crippen LogP) is 3.81. The van der Waals surface area contributed by atoms with Gasteiger partial charge in [0.05, 0.1) is 12.2 Å². The van der Waals surface area contributed by atoms with Crippen LogP contribution in [-0.2, 0) is 16.1 Å². The van der Waals surface area contributed by atoms with Crippen molar-refractivity contribution in [2.45, 2.75) is 26.3 Å². The van der Waals surface area contributed by atoms with Gasteiger partial charge < -0.3 is 10.1 Å². The van der Waals surface area contributed by atoms with Crippen LogP contribution in [0.5, 0.6) is 0 Å². The highest BCUT2D eigenvalue weighted by Gasteiger charge is 2.21. The summed E-state index contributed by atoms with van der Waals surface area (Å²) in [6.07, 6.45) is 1.61. The number of rotatable bonds is 4. The molecule has 3 rings (SSSR count). The van der Waals surface area contributed by atoms with Crippen LogP contribution in [-0.4, -0.2) is 24.1 Å². The highest BCUT2D eigenvalue weighted by atomic mass is 35.5. The molecule has 1 aliphatic rings. The van der Waals surface area contributed by atoms with Gasteiger partial charge in [0.2, 0.25) is 5.91 Å². The van der Waals surface area contributed by atoms with Crippen LogP contribution in [0.1, 0.15) is 22.7 Å². The maximum Gasteiger partial charge on any atom is 0.223 e. The van der Waals surface area contributed by atoms with E-state index in [1.807, 2.05) is 31.2 Å². The summed E-state index contributed by atoms with van der Waals surface area (Å²) in [6, 6.07) is 7.66. The van der Waals surface area contributed by atoms with E-state index in [0.29, 0.717) is 24.8 Å². The zero-order chi connectivity index (χ0) is 16.2. The van der Waals surface area contributed by atoms with Gasteiger partial charge >= 0.3 is 0 Å². The third-order valence-corrected chi connectivity index (χ3v) is 5.19. The summed E-state index contributed by atoms with van der Waals surface area (Å²) in [7, 11) is 0. The van der Waals surface area contributed by atoms with Crippen LogP contribution in [0.4, 0.5) is 0 Å². The first kappa shape index (κ1) is 16.4. The number of nitrogens with zero attached hydrogens (tertiary/aromatic N) is 1. The average molecular weight is 351 g/mol. The van der Waals surface area contributed by atoms with Crippen molar-refractivity contribution < 1.29 is 9.53 Å². The fourth-order valence-corrected chi connectivity index (χ4v) is 3.69. The van der Waals surface area contributed by atoms with Crippen molar-refractivity contribution in [3.05, 3.63) is 39.2 Å². The molecule has 0 radical (unpaired) electrons. The van der Waals surface area contributed by atoms with Gasteiger partial charge in [-0.1, -0.05) is 23.7 Å². The van der Waals surface area contributed by atoms with E-state index < -0.39 is 0 Å². The number of aryl methyl sites for hydroxylation is 1. The molecule has 0 unspecified atom stereocenters. The summed E-state index contributed by atoms with van der Waals surface area (Å²) >= 11 is 7.55. The molecule has 2 heterocycles. The molecule has 1 saturated heterocycles. The number of aromatic nitrogens is 1. The summed E-state index contributed by atoms with van der Waals surface area (Å²) in [5.41, 5.74) is 2.01. The Morgan fingerprint density at radius 3 is 2.74 bits per heavy atom. The van der Waals surface area contributed by atoms with Gasteiger partial charge in [0, 0.05) is 34.6 Å². The maximum absolute atomic E-state index is 12.2. The molecule has 1 amide bonds. The van der Waals surface area contributed by atoms with Crippen LogP contribution >= 0.6 is 22.9 Å². The Balaban J connectivity index is 1.64. The lowest BCUT2D eigenvalue weighted by atomic mass is 9.99. The number of ether oxygens (including phenoxy) is 1. The van der Waals surface area contributed by atoms with Crippen LogP contribution < -0.4 is 5.32 Å². The molecular weight excluding hydrogens is 332 g/mol. The summed E-state index contributed by atoms with van der Waals surface area (Å²) in [5, 5.41) is 4.64. The average Bonchev–Trinajstić information content (AvgIpc) is 2.95. The van der Waals surface area contributed by atoms with Crippen LogP contribution in [0, 0.1) is 12.8 Å². The molecule has 0 bridgehead atoms. The summed E-state index contributed by atoms with van der Waals surface area (Å²) < 4.78 is 5.29. The van der Waals surface area contributed by atoms with Gasteiger partial charge in [0.1, 0.15) is 5.01 Å². The van der Waals surface area contributed by atoms with E-state index in [1.165, 1.54) is 0 Å². The standard InChI is InChI=1S/C17H19ClN2O2S/c1-11-16(12-2-4-14(18)5-3-12)20-15(23-11)10-19-17(21)13-6-8-22-9-7-13/h2-5,13H,6-10H2,1H3,(H,19,21). The van der Waals surface area contributed by atoms with E-state index in [2.05, 4.69) is 10.3 Å². The van der Waals surface area contributed by atoms with Crippen molar-refractivity contribution in [3.63, 3.8) is 0 Å². The lowest BCUT2D eigenvalue weighted by Crippen LogP contribution is -2.33. The predicted molar refractivity (Wildman–Crippen MR) is 92.7 cm³/mol. The molecular formula is C17H19ClN2O2S. The van der Waals surface area contributed by atoms with E-state index in [9.17, 15) is 4.79 Å². The first-order chi connectivity index (χ1) is 11.1. The third kappa shape index (κ3) is 4.10. The number of thiazole rings is 1. The van der Waals surface area contributed by atoms with Gasteiger partial charge in [-0.05, 0) is 31.9 Å². The minimum Gasteiger partial charge on any atom is -0.381 e. The topological polar surface area (TPSA) is 51.2 Å². The molecule has 0 spiro atoms. The van der Waals surface area contributed by atoms with E-state index in [1.54, 1.807) is 11.3 Å². The highest BCUT2D eigenvalue weighted by Crippen LogP contribution is 2.28. The SMILES string of the molecule is Cc1sc(CNC(=O)C2CCOCC2)nc1-c1ccc(Cl)cc1. The van der Waals surface area contributed by atoms with Crippen molar-refractivity contribution in [2.75, 3.05) is 13.2 Å². The molecule has 0 atom stereocenters. The van der Waals surface area contributed by atoms with Gasteiger partial charge in [-0.3, -0.25) is 4.79 Å². The number of halogens is 1. The normalized spacial score (nSPS) is 15.6. The molecule has 0 saturated carbocycles. The number of benzene rings is 1. The first-order valence-corrected chi connectivity index (χ1v) is 8.90. The number of amides is 1. The Morgan fingerprint density at radius 1 is 1.35 bits per heavy atom. The molecule has 4 nitrogen and oxygen atoms in total. The summed E-state index contributed by atoms with van der Waals surface area (Å²) in [4.78, 5) is 18.0. The van der Waals surface area contributed by atoms with Gasteiger partial charge in [0.25, 0.3) is 0 Å². The minimum absolute atomic E-state index is 0.0699. The fourth-order valence-electron chi connectivity index (χ4n) is 2.67. The molecule has 0 aliphatic carbocycles. The van der Waals surface area contributed by atoms with Crippen LogP contribution in [0.25, 0.3) is 11.3 Å². The monoisotopic (exact) mass is 350 g/mol. The molecule has 1 aromatic carbocycles. The fraction of sp³-hybridized carbons (Fsp3) is 0.412. The first-order valence-electron chi connectivity index (χ1n) is 7.71. The molecule has 1 fully saturated rings. The summed E-state index contributed by atoms with van der Waals surface area (Å²) in [6.45, 7) is 3.88. The summed E-state index contributed by atoms with van der Waals surface area (Å²) in [5.74, 6) is 0.176. The van der Waals surface area contributed by atoms with Crippen molar-refractivity contribution in [1.82, 2.24) is 10.3 Å². The molecule has 1 aromatic heterocycles. The van der Waals surface area contributed by atoms with E-state index in [0.717, 1.165) is 34.0 Å². The lowest BCUT2D eigenvalue weighted by molar-refractivity contribution is -0.128. The lowest BCUT2D eigenvalue weighted by Gasteiger charge is -2.20. The third-order valence-electron chi connectivity index (χ3n) is 3.96. The largest absolute Gasteiger partial charge is 0.381 e. The molecule has 6 heteroatoms. The second-order valence-corrected chi connectivity index (χ2v) is 7.35. The number of hydrogen-bond acceptors (Lipinski definition) is 4. The Hall–Kier alpha value is -1.43. The molecule has 1 aliphatic heterocycles.